The van der Waals surface area contributed by atoms with Gasteiger partial charge in [-0.15, -0.1) is 0 Å². The second-order valence-corrected chi connectivity index (χ2v) is 3.68. The van der Waals surface area contributed by atoms with E-state index < -0.39 is 0 Å². The summed E-state index contributed by atoms with van der Waals surface area (Å²) in [5.74, 6) is -0.359. The maximum absolute atomic E-state index is 11.1. The van der Waals surface area contributed by atoms with Crippen molar-refractivity contribution in [2.75, 3.05) is 27.2 Å². The van der Waals surface area contributed by atoms with Crippen LogP contribution in [0.3, 0.4) is 0 Å². The smallest absolute Gasteiger partial charge is 0.309 e. The van der Waals surface area contributed by atoms with E-state index in [4.69, 9.17) is 5.26 Å². The Morgan fingerprint density at radius 3 is 2.50 bits per heavy atom. The van der Waals surface area contributed by atoms with Gasteiger partial charge in [-0.1, -0.05) is 6.92 Å². The van der Waals surface area contributed by atoms with Gasteiger partial charge in [0.15, 0.2) is 0 Å². The van der Waals surface area contributed by atoms with Crippen molar-refractivity contribution in [1.29, 1.82) is 5.26 Å². The van der Waals surface area contributed by atoms with Crippen LogP contribution < -0.4 is 0 Å². The number of hydrogen-bond acceptors (Lipinski definition) is 4. The van der Waals surface area contributed by atoms with Gasteiger partial charge in [0, 0.05) is 13.1 Å². The maximum atomic E-state index is 11.1. The fourth-order valence-electron chi connectivity index (χ4n) is 1.33. The summed E-state index contributed by atoms with van der Waals surface area (Å²) < 4.78 is 4.61. The van der Waals surface area contributed by atoms with E-state index in [2.05, 4.69) is 10.8 Å². The summed E-state index contributed by atoms with van der Waals surface area (Å²) in [5, 5.41) is 8.60. The molecule has 0 radical (unpaired) electrons. The van der Waals surface area contributed by atoms with E-state index in [0.29, 0.717) is 13.1 Å². The van der Waals surface area contributed by atoms with Crippen LogP contribution in [0.15, 0.2) is 0 Å². The van der Waals surface area contributed by atoms with Gasteiger partial charge in [-0.05, 0) is 14.0 Å². The van der Waals surface area contributed by atoms with Crippen molar-refractivity contribution < 1.29 is 9.53 Å². The summed E-state index contributed by atoms with van der Waals surface area (Å²) >= 11 is 0. The zero-order valence-electron chi connectivity index (χ0n) is 9.28. The summed E-state index contributed by atoms with van der Waals surface area (Å²) in [6.07, 6.45) is 0. The summed E-state index contributed by atoms with van der Waals surface area (Å²) in [6, 6.07) is 2.15. The molecule has 0 aromatic carbocycles. The van der Waals surface area contributed by atoms with Crippen LogP contribution in [0.25, 0.3) is 0 Å². The molecule has 0 bridgehead atoms. The van der Waals surface area contributed by atoms with E-state index in [-0.39, 0.29) is 17.8 Å². The number of methoxy groups -OCH3 is 1. The van der Waals surface area contributed by atoms with Gasteiger partial charge in [-0.25, -0.2) is 0 Å². The third-order valence-electron chi connectivity index (χ3n) is 2.00. The lowest BCUT2D eigenvalue weighted by molar-refractivity contribution is -0.145. The Labute approximate surface area is 85.5 Å². The molecule has 80 valence electrons. The molecule has 0 fully saturated rings. The Hall–Kier alpha value is -1.08. The first-order valence-electron chi connectivity index (χ1n) is 4.67. The molecule has 14 heavy (non-hydrogen) atoms. The minimum Gasteiger partial charge on any atom is -0.469 e. The molecule has 0 aromatic rings. The van der Waals surface area contributed by atoms with Crippen LogP contribution in [0.1, 0.15) is 13.8 Å². The van der Waals surface area contributed by atoms with Gasteiger partial charge < -0.3 is 9.64 Å². The maximum Gasteiger partial charge on any atom is 0.309 e. The van der Waals surface area contributed by atoms with Crippen LogP contribution in [0.4, 0.5) is 0 Å². The van der Waals surface area contributed by atoms with Gasteiger partial charge >= 0.3 is 5.97 Å². The number of hydrogen-bond donors (Lipinski definition) is 0. The second kappa shape index (κ2) is 6.39. The lowest BCUT2D eigenvalue weighted by atomic mass is 10.1. The van der Waals surface area contributed by atoms with Crippen LogP contribution in [-0.4, -0.2) is 38.1 Å². The number of esters is 1. The monoisotopic (exact) mass is 198 g/mol. The fourth-order valence-corrected chi connectivity index (χ4v) is 1.33. The molecule has 0 aliphatic heterocycles. The molecule has 0 spiro atoms. The largest absolute Gasteiger partial charge is 0.469 e. The molecule has 0 saturated carbocycles. The van der Waals surface area contributed by atoms with Crippen molar-refractivity contribution in [2.24, 2.45) is 11.8 Å². The lowest BCUT2D eigenvalue weighted by Crippen LogP contribution is -2.32. The minimum atomic E-state index is -0.207. The standard InChI is InChI=1S/C10H18N2O2/c1-8(5-11)6-12(3)7-9(2)10(13)14-4/h8-9H,6-7H2,1-4H3. The molecule has 4 nitrogen and oxygen atoms in total. The predicted molar refractivity (Wildman–Crippen MR) is 53.5 cm³/mol. The van der Waals surface area contributed by atoms with Crippen LogP contribution in [0.2, 0.25) is 0 Å². The van der Waals surface area contributed by atoms with Crippen LogP contribution in [0, 0.1) is 23.2 Å². The highest BCUT2D eigenvalue weighted by Gasteiger charge is 2.16. The minimum absolute atomic E-state index is 0.00940. The third kappa shape index (κ3) is 4.83. The van der Waals surface area contributed by atoms with Crippen LogP contribution in [-0.2, 0) is 9.53 Å². The summed E-state index contributed by atoms with van der Waals surface area (Å²) in [4.78, 5) is 13.1. The topological polar surface area (TPSA) is 53.3 Å². The molecule has 0 N–H and O–H groups in total. The first-order chi connectivity index (χ1) is 6.51. The molecule has 0 heterocycles. The predicted octanol–water partition coefficient (Wildman–Crippen LogP) is 0.887. The number of carbonyl (C=O) groups is 1. The SMILES string of the molecule is COC(=O)C(C)CN(C)CC(C)C#N. The molecule has 4 heteroatoms. The highest BCUT2D eigenvalue weighted by molar-refractivity contribution is 5.71. The second-order valence-electron chi connectivity index (χ2n) is 3.68. The molecule has 0 aliphatic rings. The average Bonchev–Trinajstić information content (AvgIpc) is 2.15. The van der Waals surface area contributed by atoms with Gasteiger partial charge in [0.1, 0.15) is 0 Å². The van der Waals surface area contributed by atoms with Crippen molar-refractivity contribution >= 4 is 5.97 Å². The van der Waals surface area contributed by atoms with E-state index >= 15 is 0 Å². The quantitative estimate of drug-likeness (QED) is 0.615. The van der Waals surface area contributed by atoms with Gasteiger partial charge in [0.2, 0.25) is 0 Å². The Morgan fingerprint density at radius 1 is 1.50 bits per heavy atom. The number of nitrogens with zero attached hydrogens (tertiary/aromatic N) is 2. The van der Waals surface area contributed by atoms with E-state index in [0.717, 1.165) is 0 Å². The van der Waals surface area contributed by atoms with E-state index in [9.17, 15) is 4.79 Å². The van der Waals surface area contributed by atoms with Gasteiger partial charge in [-0.2, -0.15) is 5.26 Å². The Balaban J connectivity index is 3.89. The Morgan fingerprint density at radius 2 is 2.07 bits per heavy atom. The summed E-state index contributed by atoms with van der Waals surface area (Å²) in [7, 11) is 3.28. The van der Waals surface area contributed by atoms with E-state index in [1.165, 1.54) is 7.11 Å². The molecule has 0 aliphatic carbocycles. The number of rotatable bonds is 5. The Kier molecular flexibility index (Phi) is 5.89. The zero-order chi connectivity index (χ0) is 11.1. The molecule has 0 amide bonds. The third-order valence-corrected chi connectivity index (χ3v) is 2.00. The van der Waals surface area contributed by atoms with Crippen molar-refractivity contribution in [3.63, 3.8) is 0 Å². The first kappa shape index (κ1) is 12.9. The van der Waals surface area contributed by atoms with E-state index in [1.54, 1.807) is 0 Å². The van der Waals surface area contributed by atoms with Gasteiger partial charge in [0.05, 0.1) is 25.0 Å². The zero-order valence-corrected chi connectivity index (χ0v) is 9.28. The van der Waals surface area contributed by atoms with Crippen LogP contribution >= 0.6 is 0 Å². The van der Waals surface area contributed by atoms with Crippen LogP contribution in [0.5, 0.6) is 0 Å². The molecule has 0 rings (SSSR count). The number of carbonyl (C=O) groups excluding carboxylic acids is 1. The molecular weight excluding hydrogens is 180 g/mol. The molecule has 0 saturated heterocycles. The number of nitriles is 1. The normalized spacial score (nSPS) is 14.6. The fraction of sp³-hybridized carbons (Fsp3) is 0.800. The van der Waals surface area contributed by atoms with Crippen molar-refractivity contribution in [2.45, 2.75) is 13.8 Å². The first-order valence-corrected chi connectivity index (χ1v) is 4.67. The van der Waals surface area contributed by atoms with Crippen molar-refractivity contribution in [3.8, 4) is 6.07 Å². The number of ether oxygens (including phenoxy) is 1. The highest BCUT2D eigenvalue weighted by atomic mass is 16.5. The summed E-state index contributed by atoms with van der Waals surface area (Å²) in [6.45, 7) is 4.98. The van der Waals surface area contributed by atoms with Gasteiger partial charge in [-0.3, -0.25) is 4.79 Å². The molecule has 2 atom stereocenters. The van der Waals surface area contributed by atoms with Crippen molar-refractivity contribution in [3.05, 3.63) is 0 Å². The highest BCUT2D eigenvalue weighted by Crippen LogP contribution is 2.03. The van der Waals surface area contributed by atoms with E-state index in [1.807, 2.05) is 25.8 Å². The van der Waals surface area contributed by atoms with Crippen molar-refractivity contribution in [1.82, 2.24) is 4.90 Å². The molecule has 2 unspecified atom stereocenters. The van der Waals surface area contributed by atoms with Gasteiger partial charge in [0.25, 0.3) is 0 Å². The lowest BCUT2D eigenvalue weighted by Gasteiger charge is -2.20. The average molecular weight is 198 g/mol. The summed E-state index contributed by atoms with van der Waals surface area (Å²) in [5.41, 5.74) is 0. The Bertz CT molecular complexity index is 223. The molecular formula is C10H18N2O2. The molecule has 0 aromatic heterocycles.